The largest absolute Gasteiger partial charge is 0.497 e. The third-order valence-electron chi connectivity index (χ3n) is 4.38. The second kappa shape index (κ2) is 8.04. The van der Waals surface area contributed by atoms with Crippen molar-refractivity contribution < 1.29 is 14.3 Å². The molecule has 0 spiro atoms. The SMILES string of the molecule is CCC(=O)OCCc1ccc(-n2c(CC)nc3ccc(OC)cc32)cc1. The van der Waals surface area contributed by atoms with Crippen LogP contribution in [0.2, 0.25) is 0 Å². The zero-order valence-electron chi connectivity index (χ0n) is 15.5. The van der Waals surface area contributed by atoms with E-state index >= 15 is 0 Å². The van der Waals surface area contributed by atoms with Crippen LogP contribution in [0.15, 0.2) is 42.5 Å². The van der Waals surface area contributed by atoms with Gasteiger partial charge < -0.3 is 9.47 Å². The minimum absolute atomic E-state index is 0.159. The van der Waals surface area contributed by atoms with Crippen molar-refractivity contribution in [2.75, 3.05) is 13.7 Å². The molecular formula is C21H24N2O3. The number of aromatic nitrogens is 2. The van der Waals surface area contributed by atoms with Gasteiger partial charge in [-0.25, -0.2) is 4.98 Å². The molecule has 0 unspecified atom stereocenters. The number of nitrogens with zero attached hydrogens (tertiary/aromatic N) is 2. The van der Waals surface area contributed by atoms with E-state index in [1.54, 1.807) is 14.0 Å². The molecule has 0 saturated carbocycles. The van der Waals surface area contributed by atoms with E-state index in [2.05, 4.69) is 35.8 Å². The second-order valence-electron chi connectivity index (χ2n) is 6.06. The third kappa shape index (κ3) is 3.72. The van der Waals surface area contributed by atoms with Gasteiger partial charge in [0.05, 0.1) is 24.8 Å². The summed E-state index contributed by atoms with van der Waals surface area (Å²) in [5.74, 6) is 1.67. The summed E-state index contributed by atoms with van der Waals surface area (Å²) in [4.78, 5) is 15.9. The standard InChI is InChI=1S/C21H24N2O3/c1-4-20-22-18-11-10-17(25-3)14-19(18)23(20)16-8-6-15(7-9-16)12-13-26-21(24)5-2/h6-11,14H,4-5,12-13H2,1-3H3. The lowest BCUT2D eigenvalue weighted by atomic mass is 10.1. The minimum Gasteiger partial charge on any atom is -0.497 e. The molecule has 2 aromatic carbocycles. The van der Waals surface area contributed by atoms with Crippen molar-refractivity contribution in [3.05, 3.63) is 53.9 Å². The lowest BCUT2D eigenvalue weighted by molar-refractivity contribution is -0.143. The van der Waals surface area contributed by atoms with Crippen LogP contribution in [0.4, 0.5) is 0 Å². The fourth-order valence-electron chi connectivity index (χ4n) is 2.95. The van der Waals surface area contributed by atoms with Crippen molar-refractivity contribution in [3.8, 4) is 11.4 Å². The van der Waals surface area contributed by atoms with Crippen LogP contribution in [0.1, 0.15) is 31.7 Å². The molecule has 26 heavy (non-hydrogen) atoms. The molecule has 0 fully saturated rings. The number of hydrogen-bond acceptors (Lipinski definition) is 4. The maximum absolute atomic E-state index is 11.2. The van der Waals surface area contributed by atoms with Crippen LogP contribution in [0.3, 0.4) is 0 Å². The highest BCUT2D eigenvalue weighted by Crippen LogP contribution is 2.26. The van der Waals surface area contributed by atoms with Gasteiger partial charge in [-0.05, 0) is 29.8 Å². The van der Waals surface area contributed by atoms with E-state index in [1.807, 2.05) is 18.2 Å². The van der Waals surface area contributed by atoms with Crippen LogP contribution in [0.5, 0.6) is 5.75 Å². The van der Waals surface area contributed by atoms with Crippen molar-refractivity contribution in [1.29, 1.82) is 0 Å². The zero-order chi connectivity index (χ0) is 18.5. The number of methoxy groups -OCH3 is 1. The Labute approximate surface area is 153 Å². The Kier molecular flexibility index (Phi) is 5.56. The first-order valence-corrected chi connectivity index (χ1v) is 8.96. The van der Waals surface area contributed by atoms with Crippen molar-refractivity contribution in [2.24, 2.45) is 0 Å². The summed E-state index contributed by atoms with van der Waals surface area (Å²) in [5, 5.41) is 0. The summed E-state index contributed by atoms with van der Waals surface area (Å²) in [7, 11) is 1.67. The van der Waals surface area contributed by atoms with Gasteiger partial charge in [-0.15, -0.1) is 0 Å². The summed E-state index contributed by atoms with van der Waals surface area (Å²) in [6.45, 7) is 4.32. The Morgan fingerprint density at radius 3 is 2.54 bits per heavy atom. The molecule has 5 heteroatoms. The Balaban J connectivity index is 1.87. The van der Waals surface area contributed by atoms with Gasteiger partial charge in [0.15, 0.2) is 0 Å². The molecule has 1 aromatic heterocycles. The van der Waals surface area contributed by atoms with Gasteiger partial charge in [0.25, 0.3) is 0 Å². The predicted octanol–water partition coefficient (Wildman–Crippen LogP) is 4.09. The maximum Gasteiger partial charge on any atom is 0.305 e. The Bertz CT molecular complexity index is 898. The van der Waals surface area contributed by atoms with Crippen molar-refractivity contribution >= 4 is 17.0 Å². The number of benzene rings is 2. The molecule has 0 amide bonds. The highest BCUT2D eigenvalue weighted by Gasteiger charge is 2.12. The number of aryl methyl sites for hydroxylation is 1. The highest BCUT2D eigenvalue weighted by molar-refractivity contribution is 5.80. The first kappa shape index (κ1) is 18.0. The molecular weight excluding hydrogens is 328 g/mol. The van der Waals surface area contributed by atoms with Crippen molar-refractivity contribution in [3.63, 3.8) is 0 Å². The number of carbonyl (C=O) groups is 1. The summed E-state index contributed by atoms with van der Waals surface area (Å²) in [5.41, 5.74) is 4.19. The second-order valence-corrected chi connectivity index (χ2v) is 6.06. The summed E-state index contributed by atoms with van der Waals surface area (Å²) >= 11 is 0. The third-order valence-corrected chi connectivity index (χ3v) is 4.38. The molecule has 0 saturated heterocycles. The molecule has 0 bridgehead atoms. The lowest BCUT2D eigenvalue weighted by Crippen LogP contribution is -2.06. The average Bonchev–Trinajstić information content (AvgIpc) is 3.06. The number of rotatable bonds is 7. The first-order chi connectivity index (χ1) is 12.7. The molecule has 0 aliphatic carbocycles. The van der Waals surface area contributed by atoms with Crippen LogP contribution < -0.4 is 4.74 Å². The van der Waals surface area contributed by atoms with Crippen LogP contribution >= 0.6 is 0 Å². The number of fused-ring (bicyclic) bond motifs is 1. The van der Waals surface area contributed by atoms with E-state index in [0.29, 0.717) is 19.4 Å². The van der Waals surface area contributed by atoms with E-state index in [0.717, 1.165) is 40.3 Å². The number of hydrogen-bond donors (Lipinski definition) is 0. The van der Waals surface area contributed by atoms with Crippen molar-refractivity contribution in [1.82, 2.24) is 9.55 Å². The summed E-state index contributed by atoms with van der Waals surface area (Å²) in [6.07, 6.45) is 1.97. The average molecular weight is 352 g/mol. The molecule has 0 atom stereocenters. The molecule has 3 rings (SSSR count). The van der Waals surface area contributed by atoms with Crippen LogP contribution in [0.25, 0.3) is 16.7 Å². The summed E-state index contributed by atoms with van der Waals surface area (Å²) < 4.78 is 12.7. The van der Waals surface area contributed by atoms with Gasteiger partial charge in [-0.2, -0.15) is 0 Å². The van der Waals surface area contributed by atoms with Gasteiger partial charge in [0.1, 0.15) is 11.6 Å². The Hall–Kier alpha value is -2.82. The Morgan fingerprint density at radius 2 is 1.88 bits per heavy atom. The molecule has 0 radical (unpaired) electrons. The van der Waals surface area contributed by atoms with E-state index in [9.17, 15) is 4.79 Å². The predicted molar refractivity (Wildman–Crippen MR) is 102 cm³/mol. The summed E-state index contributed by atoms with van der Waals surface area (Å²) in [6, 6.07) is 14.2. The molecule has 1 heterocycles. The topological polar surface area (TPSA) is 53.4 Å². The lowest BCUT2D eigenvalue weighted by Gasteiger charge is -2.10. The highest BCUT2D eigenvalue weighted by atomic mass is 16.5. The number of carbonyl (C=O) groups excluding carboxylic acids is 1. The minimum atomic E-state index is -0.159. The fraction of sp³-hybridized carbons (Fsp3) is 0.333. The van der Waals surface area contributed by atoms with Gasteiger partial charge >= 0.3 is 5.97 Å². The first-order valence-electron chi connectivity index (χ1n) is 8.96. The normalized spacial score (nSPS) is 10.9. The molecule has 136 valence electrons. The van der Waals surface area contributed by atoms with E-state index in [1.165, 1.54) is 0 Å². The molecule has 0 aliphatic rings. The molecule has 0 aliphatic heterocycles. The van der Waals surface area contributed by atoms with Gasteiger partial charge in [0, 0.05) is 31.0 Å². The monoisotopic (exact) mass is 352 g/mol. The van der Waals surface area contributed by atoms with Gasteiger partial charge in [-0.3, -0.25) is 9.36 Å². The van der Waals surface area contributed by atoms with Crippen molar-refractivity contribution in [2.45, 2.75) is 33.1 Å². The number of ether oxygens (including phenoxy) is 2. The maximum atomic E-state index is 11.2. The smallest absolute Gasteiger partial charge is 0.305 e. The zero-order valence-corrected chi connectivity index (χ0v) is 15.5. The fourth-order valence-corrected chi connectivity index (χ4v) is 2.95. The van der Waals surface area contributed by atoms with E-state index < -0.39 is 0 Å². The van der Waals surface area contributed by atoms with Crippen LogP contribution in [-0.4, -0.2) is 29.2 Å². The van der Waals surface area contributed by atoms with E-state index in [4.69, 9.17) is 14.5 Å². The van der Waals surface area contributed by atoms with Gasteiger partial charge in [-0.1, -0.05) is 26.0 Å². The quantitative estimate of drug-likeness (QED) is 0.601. The van der Waals surface area contributed by atoms with Crippen LogP contribution in [-0.2, 0) is 22.4 Å². The Morgan fingerprint density at radius 1 is 1.12 bits per heavy atom. The van der Waals surface area contributed by atoms with Gasteiger partial charge in [0.2, 0.25) is 0 Å². The molecule has 0 N–H and O–H groups in total. The number of esters is 1. The van der Waals surface area contributed by atoms with Crippen LogP contribution in [0, 0.1) is 0 Å². The number of imidazole rings is 1. The van der Waals surface area contributed by atoms with E-state index in [-0.39, 0.29) is 5.97 Å². The molecule has 5 nitrogen and oxygen atoms in total. The molecule has 3 aromatic rings.